The number of rotatable bonds is 5. The van der Waals surface area contributed by atoms with E-state index < -0.39 is 0 Å². The lowest BCUT2D eigenvalue weighted by molar-refractivity contribution is 0.247. The average Bonchev–Trinajstić information content (AvgIpc) is 3.32. The molecule has 1 aliphatic carbocycles. The second kappa shape index (κ2) is 6.32. The summed E-state index contributed by atoms with van der Waals surface area (Å²) in [6, 6.07) is 5.39. The van der Waals surface area contributed by atoms with Crippen LogP contribution >= 0.6 is 0 Å². The number of piperazine rings is 1. The van der Waals surface area contributed by atoms with Crippen LogP contribution in [-0.2, 0) is 6.54 Å². The number of pyridine rings is 1. The zero-order valence-corrected chi connectivity index (χ0v) is 13.6. The van der Waals surface area contributed by atoms with E-state index in [2.05, 4.69) is 41.1 Å². The Hall–Kier alpha value is -1.13. The first-order valence-corrected chi connectivity index (χ1v) is 8.32. The summed E-state index contributed by atoms with van der Waals surface area (Å²) in [5.74, 6) is 1.65. The first-order valence-electron chi connectivity index (χ1n) is 8.32. The lowest BCUT2D eigenvalue weighted by atomic mass is 10.1. The maximum atomic E-state index is 4.90. The third-order valence-corrected chi connectivity index (χ3v) is 4.57. The fourth-order valence-corrected chi connectivity index (χ4v) is 3.11. The van der Waals surface area contributed by atoms with Crippen LogP contribution in [-0.4, -0.2) is 49.2 Å². The third-order valence-electron chi connectivity index (χ3n) is 4.57. The standard InChI is InChI=1S/C17H28N4/c1-13(2)16-10-14(12-18-3)11-17(19-16)21-8-6-20(7-9-21)15-4-5-15/h10-11,13,15,18H,4-9,12H2,1-3H3. The molecule has 0 unspecified atom stereocenters. The molecule has 0 atom stereocenters. The molecule has 0 radical (unpaired) electrons. The van der Waals surface area contributed by atoms with E-state index in [1.165, 1.54) is 43.0 Å². The van der Waals surface area contributed by atoms with Crippen molar-refractivity contribution in [3.8, 4) is 0 Å². The van der Waals surface area contributed by atoms with E-state index in [1.54, 1.807) is 0 Å². The first kappa shape index (κ1) is 14.8. The van der Waals surface area contributed by atoms with Crippen LogP contribution in [0.25, 0.3) is 0 Å². The number of hydrogen-bond donors (Lipinski definition) is 1. The van der Waals surface area contributed by atoms with Gasteiger partial charge in [0.2, 0.25) is 0 Å². The maximum Gasteiger partial charge on any atom is 0.129 e. The second-order valence-electron chi connectivity index (χ2n) is 6.70. The molecule has 1 aromatic rings. The SMILES string of the molecule is CNCc1cc(C(C)C)nc(N2CCN(C3CC3)CC2)c1. The number of nitrogens with zero attached hydrogens (tertiary/aromatic N) is 3. The molecule has 0 aromatic carbocycles. The summed E-state index contributed by atoms with van der Waals surface area (Å²) in [5.41, 5.74) is 2.55. The van der Waals surface area contributed by atoms with E-state index in [1.807, 2.05) is 7.05 Å². The Morgan fingerprint density at radius 3 is 2.48 bits per heavy atom. The number of nitrogens with one attached hydrogen (secondary N) is 1. The van der Waals surface area contributed by atoms with Crippen LogP contribution in [0.4, 0.5) is 5.82 Å². The van der Waals surface area contributed by atoms with E-state index in [-0.39, 0.29) is 0 Å². The molecule has 2 fully saturated rings. The molecule has 1 aliphatic heterocycles. The molecule has 1 N–H and O–H groups in total. The molecule has 116 valence electrons. The molecule has 0 amide bonds. The van der Waals surface area contributed by atoms with Crippen LogP contribution in [0, 0.1) is 0 Å². The quantitative estimate of drug-likeness (QED) is 0.900. The largest absolute Gasteiger partial charge is 0.354 e. The molecule has 4 nitrogen and oxygen atoms in total. The predicted molar refractivity (Wildman–Crippen MR) is 87.9 cm³/mol. The van der Waals surface area contributed by atoms with Gasteiger partial charge in [-0.2, -0.15) is 0 Å². The van der Waals surface area contributed by atoms with Crippen LogP contribution in [0.3, 0.4) is 0 Å². The lowest BCUT2D eigenvalue weighted by Gasteiger charge is -2.36. The van der Waals surface area contributed by atoms with Crippen molar-refractivity contribution in [2.75, 3.05) is 38.1 Å². The normalized spacial score (nSPS) is 20.3. The van der Waals surface area contributed by atoms with Crippen molar-refractivity contribution in [1.82, 2.24) is 15.2 Å². The number of aromatic nitrogens is 1. The van der Waals surface area contributed by atoms with Gasteiger partial charge in [-0.3, -0.25) is 4.90 Å². The summed E-state index contributed by atoms with van der Waals surface area (Å²) in [6.07, 6.45) is 2.82. The van der Waals surface area contributed by atoms with E-state index in [9.17, 15) is 0 Å². The Balaban J connectivity index is 1.74. The van der Waals surface area contributed by atoms with Crippen molar-refractivity contribution in [1.29, 1.82) is 0 Å². The first-order chi connectivity index (χ1) is 10.2. The van der Waals surface area contributed by atoms with Gasteiger partial charge >= 0.3 is 0 Å². The minimum absolute atomic E-state index is 0.480. The second-order valence-corrected chi connectivity index (χ2v) is 6.70. The third kappa shape index (κ3) is 3.55. The van der Waals surface area contributed by atoms with Gasteiger partial charge in [-0.1, -0.05) is 13.8 Å². The molecule has 1 aromatic heterocycles. The van der Waals surface area contributed by atoms with Crippen LogP contribution in [0.2, 0.25) is 0 Å². The maximum absolute atomic E-state index is 4.90. The van der Waals surface area contributed by atoms with Crippen molar-refractivity contribution in [3.05, 3.63) is 23.4 Å². The Bertz CT molecular complexity index is 474. The van der Waals surface area contributed by atoms with Gasteiger partial charge in [-0.05, 0) is 43.5 Å². The molecule has 21 heavy (non-hydrogen) atoms. The predicted octanol–water partition coefficient (Wildman–Crippen LogP) is 2.21. The summed E-state index contributed by atoms with van der Waals surface area (Å²) in [7, 11) is 2.00. The summed E-state index contributed by atoms with van der Waals surface area (Å²) < 4.78 is 0. The molecule has 2 heterocycles. The summed E-state index contributed by atoms with van der Waals surface area (Å²) in [6.45, 7) is 9.98. The fourth-order valence-electron chi connectivity index (χ4n) is 3.11. The van der Waals surface area contributed by atoms with Crippen LogP contribution in [0.1, 0.15) is 43.9 Å². The molecular formula is C17H28N4. The van der Waals surface area contributed by atoms with Crippen LogP contribution in [0.5, 0.6) is 0 Å². The van der Waals surface area contributed by atoms with E-state index in [4.69, 9.17) is 4.98 Å². The van der Waals surface area contributed by atoms with Gasteiger partial charge in [-0.15, -0.1) is 0 Å². The zero-order chi connectivity index (χ0) is 14.8. The number of anilines is 1. The Kier molecular flexibility index (Phi) is 4.45. The minimum Gasteiger partial charge on any atom is -0.354 e. The minimum atomic E-state index is 0.480. The molecule has 1 saturated carbocycles. The Morgan fingerprint density at radius 1 is 1.19 bits per heavy atom. The molecule has 4 heteroatoms. The van der Waals surface area contributed by atoms with Crippen LogP contribution < -0.4 is 10.2 Å². The molecular weight excluding hydrogens is 260 g/mol. The highest BCUT2D eigenvalue weighted by Gasteiger charge is 2.31. The van der Waals surface area contributed by atoms with Crippen molar-refractivity contribution in [2.24, 2.45) is 0 Å². The highest BCUT2D eigenvalue weighted by atomic mass is 15.3. The summed E-state index contributed by atoms with van der Waals surface area (Å²) in [5, 5.41) is 3.26. The Morgan fingerprint density at radius 2 is 1.90 bits per heavy atom. The van der Waals surface area contributed by atoms with E-state index in [0.29, 0.717) is 5.92 Å². The zero-order valence-electron chi connectivity index (χ0n) is 13.6. The fraction of sp³-hybridized carbons (Fsp3) is 0.706. The lowest BCUT2D eigenvalue weighted by Crippen LogP contribution is -2.47. The molecule has 1 saturated heterocycles. The van der Waals surface area contributed by atoms with Crippen molar-refractivity contribution in [2.45, 2.75) is 45.2 Å². The van der Waals surface area contributed by atoms with Gasteiger partial charge in [0.15, 0.2) is 0 Å². The Labute approximate surface area is 128 Å². The average molecular weight is 288 g/mol. The van der Waals surface area contributed by atoms with Gasteiger partial charge in [0, 0.05) is 44.5 Å². The van der Waals surface area contributed by atoms with E-state index >= 15 is 0 Å². The van der Waals surface area contributed by atoms with Crippen LogP contribution in [0.15, 0.2) is 12.1 Å². The van der Waals surface area contributed by atoms with Gasteiger partial charge in [0.1, 0.15) is 5.82 Å². The van der Waals surface area contributed by atoms with Gasteiger partial charge in [-0.25, -0.2) is 4.98 Å². The molecule has 0 spiro atoms. The highest BCUT2D eigenvalue weighted by molar-refractivity contribution is 5.44. The monoisotopic (exact) mass is 288 g/mol. The van der Waals surface area contributed by atoms with Crippen molar-refractivity contribution < 1.29 is 0 Å². The smallest absolute Gasteiger partial charge is 0.129 e. The van der Waals surface area contributed by atoms with Gasteiger partial charge < -0.3 is 10.2 Å². The van der Waals surface area contributed by atoms with E-state index in [0.717, 1.165) is 25.7 Å². The molecule has 0 bridgehead atoms. The van der Waals surface area contributed by atoms with Gasteiger partial charge in [0.25, 0.3) is 0 Å². The summed E-state index contributed by atoms with van der Waals surface area (Å²) >= 11 is 0. The molecule has 2 aliphatic rings. The van der Waals surface area contributed by atoms with Crippen molar-refractivity contribution >= 4 is 5.82 Å². The van der Waals surface area contributed by atoms with Gasteiger partial charge in [0.05, 0.1) is 0 Å². The topological polar surface area (TPSA) is 31.4 Å². The van der Waals surface area contributed by atoms with Crippen molar-refractivity contribution in [3.63, 3.8) is 0 Å². The highest BCUT2D eigenvalue weighted by Crippen LogP contribution is 2.28. The molecule has 3 rings (SSSR count). The summed E-state index contributed by atoms with van der Waals surface area (Å²) in [4.78, 5) is 10.0. The number of hydrogen-bond acceptors (Lipinski definition) is 4.